The van der Waals surface area contributed by atoms with E-state index in [-0.39, 0.29) is 26.4 Å². The van der Waals surface area contributed by atoms with Crippen LogP contribution in [-0.4, -0.2) is 30.4 Å². The lowest BCUT2D eigenvalue weighted by atomic mass is 10.1. The van der Waals surface area contributed by atoms with Gasteiger partial charge in [0, 0.05) is 0 Å². The van der Waals surface area contributed by atoms with Crippen molar-refractivity contribution in [3.05, 3.63) is 101 Å². The van der Waals surface area contributed by atoms with Crippen molar-refractivity contribution in [1.29, 1.82) is 0 Å². The first-order valence-corrected chi connectivity index (χ1v) is 14.5. The fraction of sp³-hybridized carbons (Fsp3) is 0.310. The molecule has 3 aromatic rings. The highest BCUT2D eigenvalue weighted by Crippen LogP contribution is 2.48. The predicted octanol–water partition coefficient (Wildman–Crippen LogP) is 6.05. The monoisotopic (exact) mass is 552 g/mol. The number of ether oxygens (including phenoxy) is 2. The molecule has 0 spiro atoms. The van der Waals surface area contributed by atoms with Gasteiger partial charge in [-0.3, -0.25) is 4.57 Å². The van der Waals surface area contributed by atoms with Crippen LogP contribution in [0.15, 0.2) is 78.9 Å². The Bertz CT molecular complexity index is 1290. The smallest absolute Gasteiger partial charge is 0.429 e. The molecule has 0 radical (unpaired) electrons. The van der Waals surface area contributed by atoms with Crippen LogP contribution in [0.2, 0.25) is 0 Å². The minimum absolute atomic E-state index is 0.0282. The van der Waals surface area contributed by atoms with Gasteiger partial charge in [-0.25, -0.2) is 20.0 Å². The largest absolute Gasteiger partial charge is 0.443 e. The quantitative estimate of drug-likeness (QED) is 0.241. The van der Waals surface area contributed by atoms with Crippen molar-refractivity contribution in [1.82, 2.24) is 10.4 Å². The number of amides is 2. The number of nitrogens with one attached hydrogen (secondary N) is 1. The lowest BCUT2D eigenvalue weighted by molar-refractivity contribution is 0.0461. The summed E-state index contributed by atoms with van der Waals surface area (Å²) >= 11 is 0. The number of aryl methyl sites for hydroxylation is 1. The Balaban J connectivity index is 1.57. The van der Waals surface area contributed by atoms with Gasteiger partial charge in [0.05, 0.1) is 24.6 Å². The van der Waals surface area contributed by atoms with Gasteiger partial charge in [0.25, 0.3) is 0 Å². The molecule has 0 heterocycles. The highest BCUT2D eigenvalue weighted by atomic mass is 31.2. The number of benzene rings is 3. The van der Waals surface area contributed by atoms with Crippen molar-refractivity contribution < 1.29 is 32.7 Å². The molecular formula is C29H33N2O7P. The molecule has 0 aliphatic heterocycles. The van der Waals surface area contributed by atoms with Crippen LogP contribution < -0.4 is 10.7 Å². The molecule has 0 saturated heterocycles. The number of fused-ring (bicyclic) bond motifs is 1. The van der Waals surface area contributed by atoms with E-state index >= 15 is 0 Å². The molecule has 0 unspecified atom stereocenters. The number of hydrazine groups is 1. The van der Waals surface area contributed by atoms with E-state index in [9.17, 15) is 14.2 Å². The zero-order valence-electron chi connectivity index (χ0n) is 22.1. The first-order chi connectivity index (χ1) is 18.9. The first kappa shape index (κ1) is 28.4. The number of nitrogens with zero attached hydrogens (tertiary/aromatic N) is 1. The number of carbonyl (C=O) groups is 2. The molecular weight excluding hydrogens is 519 g/mol. The third kappa shape index (κ3) is 7.26. The maximum atomic E-state index is 13.4. The lowest BCUT2D eigenvalue weighted by Crippen LogP contribution is -2.48. The van der Waals surface area contributed by atoms with E-state index in [2.05, 4.69) is 5.43 Å². The van der Waals surface area contributed by atoms with Crippen LogP contribution >= 0.6 is 7.60 Å². The fourth-order valence-electron chi connectivity index (χ4n) is 4.43. The maximum Gasteiger partial charge on any atom is 0.429 e. The third-order valence-corrected chi connectivity index (χ3v) is 8.33. The van der Waals surface area contributed by atoms with Crippen molar-refractivity contribution in [3.63, 3.8) is 0 Å². The molecule has 0 bridgehead atoms. The summed E-state index contributed by atoms with van der Waals surface area (Å²) in [5, 5.41) is 1.54. The number of carbonyl (C=O) groups excluding carboxylic acids is 2. The Morgan fingerprint density at radius 2 is 1.46 bits per heavy atom. The normalized spacial score (nSPS) is 14.4. The standard InChI is InChI=1S/C29H33N2O7P/c1-3-37-39(34,38-4-2)25-17-15-24-16-18-27(26(24)19-25)31(29(33)36-21-23-13-9-6-10-14-23)30-28(32)35-20-22-11-7-5-8-12-22/h5-15,17,19,27H,3-4,16,18,20-21H2,1-2H3,(H,30,32)/t27-/m0/s1. The Kier molecular flexibility index (Phi) is 9.76. The Labute approximate surface area is 228 Å². The van der Waals surface area contributed by atoms with Gasteiger partial charge in [-0.05, 0) is 61.1 Å². The van der Waals surface area contributed by atoms with Crippen LogP contribution in [0.4, 0.5) is 9.59 Å². The van der Waals surface area contributed by atoms with E-state index in [4.69, 9.17) is 18.5 Å². The van der Waals surface area contributed by atoms with E-state index in [0.29, 0.717) is 18.1 Å². The van der Waals surface area contributed by atoms with Gasteiger partial charge >= 0.3 is 19.8 Å². The topological polar surface area (TPSA) is 103 Å². The Morgan fingerprint density at radius 3 is 2.05 bits per heavy atom. The van der Waals surface area contributed by atoms with Gasteiger partial charge in [0.15, 0.2) is 0 Å². The summed E-state index contributed by atoms with van der Waals surface area (Å²) in [5.74, 6) is 0. The van der Waals surface area contributed by atoms with Crippen molar-refractivity contribution >= 4 is 25.1 Å². The summed E-state index contributed by atoms with van der Waals surface area (Å²) in [4.78, 5) is 26.1. The summed E-state index contributed by atoms with van der Waals surface area (Å²) < 4.78 is 35.4. The van der Waals surface area contributed by atoms with E-state index in [1.54, 1.807) is 26.0 Å². The first-order valence-electron chi connectivity index (χ1n) is 12.9. The molecule has 1 aliphatic rings. The number of rotatable bonds is 10. The number of hydrogen-bond donors (Lipinski definition) is 1. The molecule has 10 heteroatoms. The molecule has 3 aromatic carbocycles. The van der Waals surface area contributed by atoms with Crippen LogP contribution in [0.5, 0.6) is 0 Å². The summed E-state index contributed by atoms with van der Waals surface area (Å²) in [6, 6.07) is 23.2. The molecule has 39 heavy (non-hydrogen) atoms. The molecule has 2 amide bonds. The zero-order chi connectivity index (χ0) is 27.7. The molecule has 9 nitrogen and oxygen atoms in total. The van der Waals surface area contributed by atoms with Gasteiger partial charge in [-0.1, -0.05) is 66.7 Å². The Hall–Kier alpha value is -3.65. The minimum Gasteiger partial charge on any atom is -0.443 e. The second kappa shape index (κ2) is 13.4. The fourth-order valence-corrected chi connectivity index (χ4v) is 6.03. The van der Waals surface area contributed by atoms with Crippen LogP contribution in [-0.2, 0) is 42.7 Å². The summed E-state index contributed by atoms with van der Waals surface area (Å²) in [5.41, 5.74) is 5.89. The van der Waals surface area contributed by atoms with Crippen molar-refractivity contribution in [2.75, 3.05) is 13.2 Å². The van der Waals surface area contributed by atoms with Crippen molar-refractivity contribution in [3.8, 4) is 0 Å². The van der Waals surface area contributed by atoms with E-state index in [1.807, 2.05) is 66.7 Å². The van der Waals surface area contributed by atoms with Crippen LogP contribution in [0.25, 0.3) is 0 Å². The van der Waals surface area contributed by atoms with Gasteiger partial charge in [0.2, 0.25) is 0 Å². The zero-order valence-corrected chi connectivity index (χ0v) is 23.0. The SMILES string of the molecule is CCOP(=O)(OCC)c1ccc2c(c1)[C@@H](N(NC(=O)OCc1ccccc1)C(=O)OCc1ccccc1)CC2. The second-order valence-electron chi connectivity index (χ2n) is 8.85. The summed E-state index contributed by atoms with van der Waals surface area (Å²) in [6.45, 7) is 3.99. The van der Waals surface area contributed by atoms with Crippen LogP contribution in [0, 0.1) is 0 Å². The van der Waals surface area contributed by atoms with E-state index in [1.165, 1.54) is 0 Å². The van der Waals surface area contributed by atoms with Gasteiger partial charge in [-0.2, -0.15) is 0 Å². The molecule has 1 aliphatic carbocycles. The van der Waals surface area contributed by atoms with Gasteiger partial charge in [-0.15, -0.1) is 0 Å². The second-order valence-corrected chi connectivity index (χ2v) is 10.9. The van der Waals surface area contributed by atoms with Crippen molar-refractivity contribution in [2.24, 2.45) is 0 Å². The molecule has 4 rings (SSSR count). The maximum absolute atomic E-state index is 13.4. The van der Waals surface area contributed by atoms with E-state index < -0.39 is 25.8 Å². The highest BCUT2D eigenvalue weighted by Gasteiger charge is 2.36. The molecule has 1 atom stereocenters. The summed E-state index contributed by atoms with van der Waals surface area (Å²) in [7, 11) is -3.56. The van der Waals surface area contributed by atoms with Crippen LogP contribution in [0.1, 0.15) is 48.6 Å². The molecule has 0 saturated carbocycles. The molecule has 0 fully saturated rings. The van der Waals surface area contributed by atoms with Gasteiger partial charge < -0.3 is 18.5 Å². The van der Waals surface area contributed by atoms with Crippen LogP contribution in [0.3, 0.4) is 0 Å². The highest BCUT2D eigenvalue weighted by molar-refractivity contribution is 7.62. The Morgan fingerprint density at radius 1 is 0.872 bits per heavy atom. The molecule has 206 valence electrons. The van der Waals surface area contributed by atoms with Gasteiger partial charge in [0.1, 0.15) is 13.2 Å². The average Bonchev–Trinajstić information content (AvgIpc) is 3.38. The summed E-state index contributed by atoms with van der Waals surface area (Å²) in [6.07, 6.45) is -0.367. The van der Waals surface area contributed by atoms with Crippen molar-refractivity contribution in [2.45, 2.75) is 45.9 Å². The predicted molar refractivity (Wildman–Crippen MR) is 146 cm³/mol. The van der Waals surface area contributed by atoms with E-state index in [0.717, 1.165) is 27.3 Å². The minimum atomic E-state index is -3.56. The number of hydrogen-bond acceptors (Lipinski definition) is 7. The third-order valence-electron chi connectivity index (χ3n) is 6.23. The molecule has 1 N–H and O–H groups in total. The average molecular weight is 553 g/mol. The molecule has 0 aromatic heterocycles. The lowest BCUT2D eigenvalue weighted by Gasteiger charge is -2.29.